The molecule has 0 radical (unpaired) electrons. The lowest BCUT2D eigenvalue weighted by atomic mass is 9.81. The number of fused-ring (bicyclic) bond motifs is 5. The summed E-state index contributed by atoms with van der Waals surface area (Å²) < 4.78 is 5.71. The van der Waals surface area contributed by atoms with Crippen LogP contribution >= 0.6 is 12.4 Å². The van der Waals surface area contributed by atoms with Crippen LogP contribution in [0.5, 0.6) is 0 Å². The molecule has 0 saturated carbocycles. The Morgan fingerprint density at radius 3 is 2.30 bits per heavy atom. The summed E-state index contributed by atoms with van der Waals surface area (Å²) in [5, 5.41) is 2.76. The largest absolute Gasteiger partial charge is 0.373 e. The quantitative estimate of drug-likeness (QED) is 0.719. The van der Waals surface area contributed by atoms with Crippen molar-refractivity contribution in [1.29, 1.82) is 0 Å². The monoisotopic (exact) mass is 393 g/mol. The third kappa shape index (κ3) is 3.24. The highest BCUT2D eigenvalue weighted by Crippen LogP contribution is 2.48. The molecule has 6 atom stereocenters. The zero-order valence-corrected chi connectivity index (χ0v) is 15.9. The predicted octanol–water partition coefficient (Wildman–Crippen LogP) is 0.775. The van der Waals surface area contributed by atoms with Crippen LogP contribution in [-0.2, 0) is 19.1 Å². The Hall–Kier alpha value is -1.96. The summed E-state index contributed by atoms with van der Waals surface area (Å²) >= 11 is 0. The van der Waals surface area contributed by atoms with Gasteiger partial charge >= 0.3 is 0 Å². The van der Waals surface area contributed by atoms with Crippen LogP contribution in [-0.4, -0.2) is 47.4 Å². The molecule has 27 heavy (non-hydrogen) atoms. The molecule has 0 aliphatic carbocycles. The Morgan fingerprint density at radius 1 is 1.19 bits per heavy atom. The van der Waals surface area contributed by atoms with Crippen LogP contribution in [0.4, 0.5) is 0 Å². The molecule has 0 aromatic heterocycles. The van der Waals surface area contributed by atoms with Crippen molar-refractivity contribution >= 4 is 30.1 Å². The average molecular weight is 394 g/mol. The molecule has 7 nitrogen and oxygen atoms in total. The average Bonchev–Trinajstić information content (AvgIpc) is 3.33. The van der Waals surface area contributed by atoms with E-state index in [0.29, 0.717) is 0 Å². The van der Waals surface area contributed by atoms with Gasteiger partial charge < -0.3 is 15.8 Å². The number of likely N-dealkylation sites (tertiary alicyclic amines) is 1. The standard InChI is InChI=1S/C19H23N3O4.ClH/c1-10(17(23)21-9-12(20)11-5-3-2-4-6-11)22-18(24)15-13-7-8-14(26-13)16(15)19(22)25;/h2-6,10,12-16H,7-9,20H2,1H3,(H,21,23);1H. The first kappa shape index (κ1) is 19.8. The molecule has 3 N–H and O–H groups in total. The molecule has 3 amide bonds. The molecule has 3 saturated heterocycles. The summed E-state index contributed by atoms with van der Waals surface area (Å²) in [6, 6.07) is 8.26. The molecule has 1 aromatic carbocycles. The molecule has 2 bridgehead atoms. The molecule has 4 rings (SSSR count). The van der Waals surface area contributed by atoms with Crippen LogP contribution in [0.15, 0.2) is 30.3 Å². The van der Waals surface area contributed by atoms with Crippen molar-refractivity contribution in [2.24, 2.45) is 17.6 Å². The van der Waals surface area contributed by atoms with E-state index in [1.54, 1.807) is 6.92 Å². The van der Waals surface area contributed by atoms with Gasteiger partial charge in [0.1, 0.15) is 6.04 Å². The topological polar surface area (TPSA) is 102 Å². The van der Waals surface area contributed by atoms with Gasteiger partial charge in [-0.2, -0.15) is 0 Å². The van der Waals surface area contributed by atoms with Crippen molar-refractivity contribution < 1.29 is 19.1 Å². The summed E-state index contributed by atoms with van der Waals surface area (Å²) in [6.45, 7) is 1.83. The number of nitrogens with zero attached hydrogens (tertiary/aromatic N) is 1. The lowest BCUT2D eigenvalue weighted by Crippen LogP contribution is -2.50. The predicted molar refractivity (Wildman–Crippen MR) is 99.8 cm³/mol. The Labute approximate surface area is 164 Å². The summed E-state index contributed by atoms with van der Waals surface area (Å²) in [4.78, 5) is 39.1. The third-order valence-electron chi connectivity index (χ3n) is 5.81. The second kappa shape index (κ2) is 7.58. The minimum absolute atomic E-state index is 0. The van der Waals surface area contributed by atoms with Crippen LogP contribution < -0.4 is 11.1 Å². The van der Waals surface area contributed by atoms with Gasteiger partial charge in [-0.1, -0.05) is 30.3 Å². The number of rotatable bonds is 5. The first-order valence-electron chi connectivity index (χ1n) is 9.09. The number of amides is 3. The highest BCUT2D eigenvalue weighted by molar-refractivity contribution is 6.09. The van der Waals surface area contributed by atoms with E-state index in [9.17, 15) is 14.4 Å². The zero-order chi connectivity index (χ0) is 18.4. The number of nitrogens with two attached hydrogens (primary N) is 1. The molecule has 3 aliphatic rings. The maximum Gasteiger partial charge on any atom is 0.243 e. The van der Waals surface area contributed by atoms with Gasteiger partial charge in [0.25, 0.3) is 0 Å². The highest BCUT2D eigenvalue weighted by Gasteiger charge is 2.63. The number of hydrogen-bond acceptors (Lipinski definition) is 5. The molecule has 6 unspecified atom stereocenters. The normalized spacial score (nSPS) is 30.7. The highest BCUT2D eigenvalue weighted by atomic mass is 35.5. The Kier molecular flexibility index (Phi) is 5.55. The van der Waals surface area contributed by atoms with E-state index in [1.165, 1.54) is 0 Å². The minimum atomic E-state index is -0.844. The molecule has 3 heterocycles. The van der Waals surface area contributed by atoms with Gasteiger partial charge in [-0.25, -0.2) is 0 Å². The second-order valence-electron chi connectivity index (χ2n) is 7.33. The number of nitrogens with one attached hydrogen (secondary N) is 1. The van der Waals surface area contributed by atoms with Gasteiger partial charge in [-0.3, -0.25) is 19.3 Å². The van der Waals surface area contributed by atoms with Crippen molar-refractivity contribution in [2.45, 2.75) is 44.1 Å². The fraction of sp³-hybridized carbons (Fsp3) is 0.526. The van der Waals surface area contributed by atoms with Gasteiger partial charge in [0, 0.05) is 12.6 Å². The molecule has 146 valence electrons. The van der Waals surface area contributed by atoms with Gasteiger partial charge in [-0.05, 0) is 25.3 Å². The summed E-state index contributed by atoms with van der Waals surface area (Å²) in [7, 11) is 0. The van der Waals surface area contributed by atoms with Crippen molar-refractivity contribution in [2.75, 3.05) is 6.54 Å². The molecular weight excluding hydrogens is 370 g/mol. The first-order valence-corrected chi connectivity index (χ1v) is 9.09. The first-order chi connectivity index (χ1) is 12.5. The van der Waals surface area contributed by atoms with E-state index >= 15 is 0 Å². The number of ether oxygens (including phenoxy) is 1. The summed E-state index contributed by atoms with van der Waals surface area (Å²) in [5.74, 6) is -1.75. The Morgan fingerprint density at radius 2 is 1.74 bits per heavy atom. The van der Waals surface area contributed by atoms with Crippen molar-refractivity contribution in [3.63, 3.8) is 0 Å². The fourth-order valence-electron chi connectivity index (χ4n) is 4.41. The lowest BCUT2D eigenvalue weighted by Gasteiger charge is -2.24. The number of carbonyl (C=O) groups excluding carboxylic acids is 3. The third-order valence-corrected chi connectivity index (χ3v) is 5.81. The maximum atomic E-state index is 12.7. The number of benzene rings is 1. The molecule has 3 fully saturated rings. The minimum Gasteiger partial charge on any atom is -0.373 e. The van der Waals surface area contributed by atoms with Crippen molar-refractivity contribution in [1.82, 2.24) is 10.2 Å². The SMILES string of the molecule is CC(C(=O)NCC(N)c1ccccc1)N1C(=O)C2C3CCC(O3)C2C1=O.Cl. The van der Waals surface area contributed by atoms with Crippen LogP contribution in [0.1, 0.15) is 31.4 Å². The van der Waals surface area contributed by atoms with E-state index < -0.39 is 17.9 Å². The van der Waals surface area contributed by atoms with Crippen LogP contribution in [0.2, 0.25) is 0 Å². The van der Waals surface area contributed by atoms with Crippen molar-refractivity contribution in [3.8, 4) is 0 Å². The van der Waals surface area contributed by atoms with Crippen LogP contribution in [0.3, 0.4) is 0 Å². The zero-order valence-electron chi connectivity index (χ0n) is 15.0. The van der Waals surface area contributed by atoms with Gasteiger partial charge in [0.2, 0.25) is 17.7 Å². The van der Waals surface area contributed by atoms with E-state index in [4.69, 9.17) is 10.5 Å². The lowest BCUT2D eigenvalue weighted by molar-refractivity contribution is -0.149. The second-order valence-corrected chi connectivity index (χ2v) is 7.33. The Balaban J connectivity index is 0.00000210. The number of halogens is 1. The molecule has 3 aliphatic heterocycles. The van der Waals surface area contributed by atoms with E-state index in [-0.39, 0.29) is 54.9 Å². The van der Waals surface area contributed by atoms with Crippen molar-refractivity contribution in [3.05, 3.63) is 35.9 Å². The Bertz CT molecular complexity index is 716. The van der Waals surface area contributed by atoms with Crippen LogP contribution in [0.25, 0.3) is 0 Å². The van der Waals surface area contributed by atoms with E-state index in [2.05, 4.69) is 5.32 Å². The molecule has 0 spiro atoms. The van der Waals surface area contributed by atoms with Crippen LogP contribution in [0, 0.1) is 11.8 Å². The summed E-state index contributed by atoms with van der Waals surface area (Å²) in [6.07, 6.45) is 1.28. The summed E-state index contributed by atoms with van der Waals surface area (Å²) in [5.41, 5.74) is 7.01. The molecule has 1 aromatic rings. The smallest absolute Gasteiger partial charge is 0.243 e. The van der Waals surface area contributed by atoms with Gasteiger partial charge in [-0.15, -0.1) is 12.4 Å². The number of hydrogen-bond donors (Lipinski definition) is 2. The fourth-order valence-corrected chi connectivity index (χ4v) is 4.41. The van der Waals surface area contributed by atoms with Gasteiger partial charge in [0.15, 0.2) is 0 Å². The van der Waals surface area contributed by atoms with E-state index in [1.807, 2.05) is 30.3 Å². The number of imide groups is 1. The molecule has 8 heteroatoms. The molecular formula is C19H24ClN3O4. The van der Waals surface area contributed by atoms with E-state index in [0.717, 1.165) is 23.3 Å². The maximum absolute atomic E-state index is 12.7. The van der Waals surface area contributed by atoms with Gasteiger partial charge in [0.05, 0.1) is 24.0 Å². The number of carbonyl (C=O) groups is 3.